The molecule has 3 unspecified atom stereocenters. The Labute approximate surface area is 161 Å². The van der Waals surface area contributed by atoms with Crippen LogP contribution in [0.4, 0.5) is 4.79 Å². The highest BCUT2D eigenvalue weighted by Gasteiger charge is 2.62. The van der Waals surface area contributed by atoms with Crippen molar-refractivity contribution in [2.45, 2.75) is 24.8 Å². The molecule has 28 heavy (non-hydrogen) atoms. The zero-order valence-electron chi connectivity index (χ0n) is 15.1. The second-order valence-corrected chi connectivity index (χ2v) is 7.19. The van der Waals surface area contributed by atoms with Crippen LogP contribution in [0.15, 0.2) is 54.6 Å². The van der Waals surface area contributed by atoms with Gasteiger partial charge in [-0.1, -0.05) is 36.4 Å². The lowest BCUT2D eigenvalue weighted by Gasteiger charge is -2.26. The van der Waals surface area contributed by atoms with Crippen molar-refractivity contribution in [3.05, 3.63) is 60.2 Å². The molecule has 4 rings (SSSR count). The molecule has 1 saturated carbocycles. The Bertz CT molecular complexity index is 929. The van der Waals surface area contributed by atoms with E-state index in [-0.39, 0.29) is 0 Å². The van der Waals surface area contributed by atoms with Crippen LogP contribution in [0.25, 0.3) is 0 Å². The van der Waals surface area contributed by atoms with Crippen LogP contribution in [-0.4, -0.2) is 28.6 Å². The largest absolute Gasteiger partial charge is 0.481 e. The molecule has 1 heterocycles. The smallest absolute Gasteiger partial charge is 0.322 e. The fraction of sp³-hybridized carbons (Fsp3) is 0.286. The lowest BCUT2D eigenvalue weighted by atomic mass is 9.85. The summed E-state index contributed by atoms with van der Waals surface area (Å²) in [6, 6.07) is 16.3. The van der Waals surface area contributed by atoms with E-state index >= 15 is 0 Å². The molecule has 7 nitrogen and oxygen atoms in total. The molecule has 3 amide bonds. The maximum absolute atomic E-state index is 12.5. The summed E-state index contributed by atoms with van der Waals surface area (Å²) in [5, 5.41) is 14.2. The minimum atomic E-state index is -1.19. The predicted octanol–water partition coefficient (Wildman–Crippen LogP) is 2.71. The van der Waals surface area contributed by atoms with Gasteiger partial charge in [0.1, 0.15) is 17.0 Å². The van der Waals surface area contributed by atoms with Gasteiger partial charge in [0, 0.05) is 5.92 Å². The van der Waals surface area contributed by atoms with E-state index in [1.165, 1.54) is 0 Å². The van der Waals surface area contributed by atoms with Crippen LogP contribution < -0.4 is 15.4 Å². The van der Waals surface area contributed by atoms with Gasteiger partial charge < -0.3 is 15.2 Å². The monoisotopic (exact) mass is 380 g/mol. The number of imide groups is 1. The van der Waals surface area contributed by atoms with Crippen molar-refractivity contribution in [3.8, 4) is 11.5 Å². The number of carboxylic acid groups (broad SMARTS) is 1. The average Bonchev–Trinajstić information content (AvgIpc) is 3.43. The number of urea groups is 1. The molecule has 1 aliphatic heterocycles. The number of ether oxygens (including phenoxy) is 1. The zero-order valence-corrected chi connectivity index (χ0v) is 15.1. The SMILES string of the molecule is O=C1NC(=O)C(CCc2ccccc2Oc2ccccc2)(C2CC2C(=O)O)N1. The molecule has 0 aromatic heterocycles. The quantitative estimate of drug-likeness (QED) is 0.641. The van der Waals surface area contributed by atoms with Crippen molar-refractivity contribution in [1.82, 2.24) is 10.6 Å². The number of nitrogens with one attached hydrogen (secondary N) is 2. The highest BCUT2D eigenvalue weighted by molar-refractivity contribution is 6.08. The Morgan fingerprint density at radius 3 is 2.46 bits per heavy atom. The lowest BCUT2D eigenvalue weighted by molar-refractivity contribution is -0.139. The first-order valence-corrected chi connectivity index (χ1v) is 9.17. The van der Waals surface area contributed by atoms with E-state index in [1.807, 2.05) is 54.6 Å². The third kappa shape index (κ3) is 3.31. The number of aryl methyl sites for hydroxylation is 1. The van der Waals surface area contributed by atoms with Gasteiger partial charge in [-0.25, -0.2) is 4.79 Å². The number of hydrogen-bond donors (Lipinski definition) is 3. The molecule has 1 aliphatic carbocycles. The van der Waals surface area contributed by atoms with Crippen molar-refractivity contribution in [2.75, 3.05) is 0 Å². The molecular formula is C21H20N2O5. The molecule has 0 radical (unpaired) electrons. The summed E-state index contributed by atoms with van der Waals surface area (Å²) in [6.45, 7) is 0. The van der Waals surface area contributed by atoms with Crippen molar-refractivity contribution in [3.63, 3.8) is 0 Å². The van der Waals surface area contributed by atoms with Crippen LogP contribution in [0.3, 0.4) is 0 Å². The molecule has 144 valence electrons. The Morgan fingerprint density at radius 1 is 1.11 bits per heavy atom. The highest BCUT2D eigenvalue weighted by atomic mass is 16.5. The first-order chi connectivity index (χ1) is 13.5. The topological polar surface area (TPSA) is 105 Å². The lowest BCUT2D eigenvalue weighted by Crippen LogP contribution is -2.50. The fourth-order valence-electron chi connectivity index (χ4n) is 3.90. The molecule has 2 fully saturated rings. The second kappa shape index (κ2) is 6.99. The zero-order chi connectivity index (χ0) is 19.7. The molecule has 3 N–H and O–H groups in total. The van der Waals surface area contributed by atoms with Crippen LogP contribution in [0, 0.1) is 11.8 Å². The number of carbonyl (C=O) groups excluding carboxylic acids is 2. The van der Waals surface area contributed by atoms with Crippen molar-refractivity contribution in [2.24, 2.45) is 11.8 Å². The minimum Gasteiger partial charge on any atom is -0.481 e. The summed E-state index contributed by atoms with van der Waals surface area (Å²) in [5.41, 5.74) is -0.313. The maximum atomic E-state index is 12.5. The van der Waals surface area contributed by atoms with E-state index in [0.717, 1.165) is 5.56 Å². The molecule has 2 aromatic rings. The number of amides is 3. The molecular weight excluding hydrogens is 360 g/mol. The Morgan fingerprint density at radius 2 is 1.82 bits per heavy atom. The highest BCUT2D eigenvalue weighted by Crippen LogP contribution is 2.49. The fourth-order valence-corrected chi connectivity index (χ4v) is 3.90. The molecule has 0 spiro atoms. The third-order valence-corrected chi connectivity index (χ3v) is 5.44. The van der Waals surface area contributed by atoms with E-state index in [4.69, 9.17) is 4.74 Å². The third-order valence-electron chi connectivity index (χ3n) is 5.44. The number of benzene rings is 2. The minimum absolute atomic E-state index is 0.300. The Balaban J connectivity index is 1.55. The van der Waals surface area contributed by atoms with E-state index < -0.39 is 35.3 Å². The average molecular weight is 380 g/mol. The van der Waals surface area contributed by atoms with Crippen LogP contribution >= 0.6 is 0 Å². The van der Waals surface area contributed by atoms with Gasteiger partial charge in [0.2, 0.25) is 0 Å². The second-order valence-electron chi connectivity index (χ2n) is 7.19. The Hall–Kier alpha value is -3.35. The van der Waals surface area contributed by atoms with Gasteiger partial charge in [-0.3, -0.25) is 14.9 Å². The van der Waals surface area contributed by atoms with Crippen molar-refractivity contribution < 1.29 is 24.2 Å². The molecule has 2 aliphatic rings. The standard InChI is InChI=1S/C21H20N2O5/c24-18(25)15-12-16(15)21(19(26)22-20(27)23-21)11-10-13-6-4-5-9-17(13)28-14-7-2-1-3-8-14/h1-9,15-16H,10-12H2,(H,24,25)(H2,22,23,26,27). The van der Waals surface area contributed by atoms with Crippen LogP contribution in [0.1, 0.15) is 18.4 Å². The molecule has 3 atom stereocenters. The summed E-state index contributed by atoms with van der Waals surface area (Å²) < 4.78 is 5.96. The molecule has 1 saturated heterocycles. The van der Waals surface area contributed by atoms with Gasteiger partial charge in [-0.2, -0.15) is 0 Å². The van der Waals surface area contributed by atoms with Crippen molar-refractivity contribution >= 4 is 17.9 Å². The summed E-state index contributed by atoms with van der Waals surface area (Å²) in [4.78, 5) is 35.6. The molecule has 7 heteroatoms. The van der Waals surface area contributed by atoms with Crippen LogP contribution in [0.2, 0.25) is 0 Å². The number of carboxylic acids is 1. The van der Waals surface area contributed by atoms with Crippen LogP contribution in [-0.2, 0) is 16.0 Å². The summed E-state index contributed by atoms with van der Waals surface area (Å²) in [5.74, 6) is -1.04. The first kappa shape index (κ1) is 18.0. The van der Waals surface area contributed by atoms with Gasteiger partial charge >= 0.3 is 12.0 Å². The van der Waals surface area contributed by atoms with E-state index in [1.54, 1.807) is 0 Å². The first-order valence-electron chi connectivity index (χ1n) is 9.17. The van der Waals surface area contributed by atoms with Gasteiger partial charge in [-0.15, -0.1) is 0 Å². The Kier molecular flexibility index (Phi) is 4.50. The number of hydrogen-bond acceptors (Lipinski definition) is 4. The van der Waals surface area contributed by atoms with Gasteiger partial charge in [0.15, 0.2) is 0 Å². The van der Waals surface area contributed by atoms with E-state index in [0.29, 0.717) is 30.8 Å². The summed E-state index contributed by atoms with van der Waals surface area (Å²) >= 11 is 0. The summed E-state index contributed by atoms with van der Waals surface area (Å²) in [7, 11) is 0. The van der Waals surface area contributed by atoms with Gasteiger partial charge in [-0.05, 0) is 43.0 Å². The number of aliphatic carboxylic acids is 1. The van der Waals surface area contributed by atoms with Gasteiger partial charge in [0.05, 0.1) is 5.92 Å². The predicted molar refractivity (Wildman–Crippen MR) is 99.9 cm³/mol. The normalized spacial score (nSPS) is 25.7. The molecule has 0 bridgehead atoms. The van der Waals surface area contributed by atoms with E-state index in [9.17, 15) is 19.5 Å². The van der Waals surface area contributed by atoms with Crippen molar-refractivity contribution in [1.29, 1.82) is 0 Å². The number of para-hydroxylation sites is 2. The van der Waals surface area contributed by atoms with Gasteiger partial charge in [0.25, 0.3) is 5.91 Å². The van der Waals surface area contributed by atoms with E-state index in [2.05, 4.69) is 10.6 Å². The molecule has 2 aromatic carbocycles. The number of carbonyl (C=O) groups is 3. The number of rotatable bonds is 7. The van der Waals surface area contributed by atoms with Crippen LogP contribution in [0.5, 0.6) is 11.5 Å². The summed E-state index contributed by atoms with van der Waals surface area (Å²) in [6.07, 6.45) is 1.14. The maximum Gasteiger partial charge on any atom is 0.322 e.